The number of hydrogen-bond donors (Lipinski definition) is 1. The van der Waals surface area contributed by atoms with Crippen molar-refractivity contribution in [3.05, 3.63) is 63.5 Å². The Morgan fingerprint density at radius 2 is 1.91 bits per heavy atom. The molecule has 166 valence electrons. The second-order valence-electron chi connectivity index (χ2n) is 6.46. The Balaban J connectivity index is 1.72. The van der Waals surface area contributed by atoms with Crippen LogP contribution in [0.4, 0.5) is 10.5 Å². The summed E-state index contributed by atoms with van der Waals surface area (Å²) in [4.78, 5) is 49.6. The number of thioether (sulfide) groups is 1. The molecule has 3 amide bonds. The topological polar surface area (TPSA) is 102 Å². The minimum absolute atomic E-state index is 0.135. The normalized spacial score (nSPS) is 14.6. The third-order valence-electron chi connectivity index (χ3n) is 4.14. The number of nitrogens with one attached hydrogen (secondary N) is 1. The fourth-order valence-corrected chi connectivity index (χ4v) is 3.95. The molecule has 0 aromatic heterocycles. The number of rotatable bonds is 8. The van der Waals surface area contributed by atoms with Crippen LogP contribution in [-0.4, -0.2) is 47.7 Å². The highest BCUT2D eigenvalue weighted by molar-refractivity contribution is 9.10. The standard InChI is InChI=1S/C22H19BrN2O6S/c1-2-30-20(27)12-25-21(28)18(32-22(25)29)11-14-10-15(23)8-9-17(14)31-13-19(26)24-16-6-4-3-5-7-16/h3-11H,2,12-13H2,1H3,(H,24,26)/b18-11-. The van der Waals surface area contributed by atoms with Gasteiger partial charge in [-0.2, -0.15) is 0 Å². The van der Waals surface area contributed by atoms with Crippen LogP contribution in [0, 0.1) is 0 Å². The predicted octanol–water partition coefficient (Wildman–Crippen LogP) is 4.07. The van der Waals surface area contributed by atoms with Gasteiger partial charge in [0.25, 0.3) is 17.1 Å². The van der Waals surface area contributed by atoms with Crippen molar-refractivity contribution in [2.24, 2.45) is 0 Å². The zero-order chi connectivity index (χ0) is 23.1. The maximum absolute atomic E-state index is 12.6. The molecule has 0 unspecified atom stereocenters. The Morgan fingerprint density at radius 1 is 1.16 bits per heavy atom. The van der Waals surface area contributed by atoms with Crippen LogP contribution in [0.5, 0.6) is 5.75 Å². The molecular formula is C22H19BrN2O6S. The van der Waals surface area contributed by atoms with E-state index in [0.29, 0.717) is 17.0 Å². The quantitative estimate of drug-likeness (QED) is 0.415. The Kier molecular flexibility index (Phi) is 8.07. The number of amides is 3. The zero-order valence-electron chi connectivity index (χ0n) is 17.0. The van der Waals surface area contributed by atoms with Gasteiger partial charge in [-0.25, -0.2) is 0 Å². The minimum atomic E-state index is -0.660. The number of ether oxygens (including phenoxy) is 2. The fraction of sp³-hybridized carbons (Fsp3) is 0.182. The van der Waals surface area contributed by atoms with Crippen LogP contribution in [0.2, 0.25) is 0 Å². The van der Waals surface area contributed by atoms with Crippen molar-refractivity contribution in [2.75, 3.05) is 25.1 Å². The van der Waals surface area contributed by atoms with E-state index in [4.69, 9.17) is 9.47 Å². The maximum Gasteiger partial charge on any atom is 0.326 e. The highest BCUT2D eigenvalue weighted by Crippen LogP contribution is 2.34. The van der Waals surface area contributed by atoms with E-state index in [1.165, 1.54) is 6.08 Å². The molecule has 1 saturated heterocycles. The first-order chi connectivity index (χ1) is 15.4. The summed E-state index contributed by atoms with van der Waals surface area (Å²) in [6.45, 7) is 1.10. The van der Waals surface area contributed by atoms with Crippen molar-refractivity contribution >= 4 is 62.5 Å². The first-order valence-corrected chi connectivity index (χ1v) is 11.2. The van der Waals surface area contributed by atoms with Gasteiger partial charge in [0.05, 0.1) is 11.5 Å². The van der Waals surface area contributed by atoms with Gasteiger partial charge in [0.1, 0.15) is 12.3 Å². The Bertz CT molecular complexity index is 1070. The van der Waals surface area contributed by atoms with Crippen LogP contribution >= 0.6 is 27.7 Å². The zero-order valence-corrected chi connectivity index (χ0v) is 19.4. The minimum Gasteiger partial charge on any atom is -0.483 e. The first kappa shape index (κ1) is 23.6. The number of imide groups is 1. The maximum atomic E-state index is 12.6. The fourth-order valence-electron chi connectivity index (χ4n) is 2.74. The largest absolute Gasteiger partial charge is 0.483 e. The van der Waals surface area contributed by atoms with E-state index < -0.39 is 23.7 Å². The molecule has 0 atom stereocenters. The van der Waals surface area contributed by atoms with Gasteiger partial charge < -0.3 is 14.8 Å². The summed E-state index contributed by atoms with van der Waals surface area (Å²) in [7, 11) is 0. The van der Waals surface area contributed by atoms with Crippen LogP contribution in [0.1, 0.15) is 12.5 Å². The molecule has 0 bridgehead atoms. The molecule has 0 aliphatic carbocycles. The molecule has 3 rings (SSSR count). The molecule has 1 aliphatic heterocycles. The van der Waals surface area contributed by atoms with Gasteiger partial charge in [0, 0.05) is 15.7 Å². The lowest BCUT2D eigenvalue weighted by Crippen LogP contribution is -2.34. The molecule has 1 fully saturated rings. The van der Waals surface area contributed by atoms with Gasteiger partial charge in [-0.15, -0.1) is 0 Å². The van der Waals surface area contributed by atoms with E-state index in [-0.39, 0.29) is 24.0 Å². The van der Waals surface area contributed by atoms with Crippen LogP contribution in [0.15, 0.2) is 57.9 Å². The SMILES string of the molecule is CCOC(=O)CN1C(=O)S/C(=C\c2cc(Br)ccc2OCC(=O)Nc2ccccc2)C1=O. The van der Waals surface area contributed by atoms with E-state index in [1.807, 2.05) is 6.07 Å². The Labute approximate surface area is 197 Å². The number of esters is 1. The number of carbonyl (C=O) groups is 4. The van der Waals surface area contributed by atoms with Gasteiger partial charge in [-0.05, 0) is 55.1 Å². The number of anilines is 1. The van der Waals surface area contributed by atoms with Gasteiger partial charge in [-0.3, -0.25) is 24.1 Å². The van der Waals surface area contributed by atoms with Crippen LogP contribution in [-0.2, 0) is 19.1 Å². The van der Waals surface area contributed by atoms with Crippen molar-refractivity contribution in [1.82, 2.24) is 4.90 Å². The van der Waals surface area contributed by atoms with Crippen molar-refractivity contribution in [3.8, 4) is 5.75 Å². The van der Waals surface area contributed by atoms with E-state index in [1.54, 1.807) is 49.4 Å². The molecule has 0 radical (unpaired) electrons. The van der Waals surface area contributed by atoms with Crippen LogP contribution in [0.3, 0.4) is 0 Å². The molecule has 1 heterocycles. The molecule has 32 heavy (non-hydrogen) atoms. The van der Waals surface area contributed by atoms with Gasteiger partial charge in [0.15, 0.2) is 6.61 Å². The average Bonchev–Trinajstić information content (AvgIpc) is 3.01. The molecular weight excluding hydrogens is 500 g/mol. The molecule has 2 aromatic rings. The summed E-state index contributed by atoms with van der Waals surface area (Å²) in [5, 5.41) is 2.16. The lowest BCUT2D eigenvalue weighted by molar-refractivity contribution is -0.146. The van der Waals surface area contributed by atoms with Crippen LogP contribution < -0.4 is 10.1 Å². The monoisotopic (exact) mass is 518 g/mol. The van der Waals surface area contributed by atoms with Gasteiger partial charge in [-0.1, -0.05) is 34.1 Å². The lowest BCUT2D eigenvalue weighted by atomic mass is 10.2. The molecule has 1 N–H and O–H groups in total. The second kappa shape index (κ2) is 11.0. The van der Waals surface area contributed by atoms with Crippen molar-refractivity contribution in [1.29, 1.82) is 0 Å². The number of carbonyl (C=O) groups excluding carboxylic acids is 4. The smallest absolute Gasteiger partial charge is 0.326 e. The highest BCUT2D eigenvalue weighted by Gasteiger charge is 2.36. The van der Waals surface area contributed by atoms with Gasteiger partial charge in [0.2, 0.25) is 0 Å². The number of hydrogen-bond acceptors (Lipinski definition) is 7. The Hall–Kier alpha value is -3.11. The molecule has 0 saturated carbocycles. The highest BCUT2D eigenvalue weighted by atomic mass is 79.9. The number of nitrogens with zero attached hydrogens (tertiary/aromatic N) is 1. The summed E-state index contributed by atoms with van der Waals surface area (Å²) in [6.07, 6.45) is 1.49. The van der Waals surface area contributed by atoms with Crippen molar-refractivity contribution in [2.45, 2.75) is 6.92 Å². The third-order valence-corrected chi connectivity index (χ3v) is 5.54. The summed E-state index contributed by atoms with van der Waals surface area (Å²) >= 11 is 4.08. The summed E-state index contributed by atoms with van der Waals surface area (Å²) in [5.41, 5.74) is 1.14. The van der Waals surface area contributed by atoms with Gasteiger partial charge >= 0.3 is 5.97 Å². The van der Waals surface area contributed by atoms with Crippen molar-refractivity contribution in [3.63, 3.8) is 0 Å². The van der Waals surface area contributed by atoms with E-state index in [2.05, 4.69) is 21.2 Å². The lowest BCUT2D eigenvalue weighted by Gasteiger charge is -2.11. The molecule has 1 aliphatic rings. The van der Waals surface area contributed by atoms with E-state index >= 15 is 0 Å². The second-order valence-corrected chi connectivity index (χ2v) is 8.37. The van der Waals surface area contributed by atoms with E-state index in [9.17, 15) is 19.2 Å². The summed E-state index contributed by atoms with van der Waals surface area (Å²) < 4.78 is 11.2. The molecule has 2 aromatic carbocycles. The van der Waals surface area contributed by atoms with Crippen LogP contribution in [0.25, 0.3) is 6.08 Å². The summed E-state index contributed by atoms with van der Waals surface area (Å²) in [5.74, 6) is -1.25. The Morgan fingerprint density at radius 3 is 2.62 bits per heavy atom. The molecule has 8 nitrogen and oxygen atoms in total. The molecule has 0 spiro atoms. The molecule has 10 heteroatoms. The van der Waals surface area contributed by atoms with E-state index in [0.717, 1.165) is 21.1 Å². The predicted molar refractivity (Wildman–Crippen MR) is 124 cm³/mol. The average molecular weight is 519 g/mol. The number of benzene rings is 2. The third kappa shape index (κ3) is 6.21. The number of halogens is 1. The summed E-state index contributed by atoms with van der Waals surface area (Å²) in [6, 6.07) is 14.0. The van der Waals surface area contributed by atoms with Crippen molar-refractivity contribution < 1.29 is 28.7 Å². The number of para-hydroxylation sites is 1. The first-order valence-electron chi connectivity index (χ1n) is 9.55.